The number of methoxy groups -OCH3 is 1. The van der Waals surface area contributed by atoms with Gasteiger partial charge in [-0.15, -0.1) is 0 Å². The molecule has 0 aliphatic carbocycles. The van der Waals surface area contributed by atoms with Crippen molar-refractivity contribution < 1.29 is 19.4 Å². The van der Waals surface area contributed by atoms with Crippen LogP contribution < -0.4 is 14.9 Å². The molecule has 9 heteroatoms. The lowest BCUT2D eigenvalue weighted by atomic mass is 10.2. The van der Waals surface area contributed by atoms with E-state index in [0.29, 0.717) is 27.1 Å². The standard InChI is InChI=1S/C19H15Br2N3O4/c1-27-16-7-11(4-5-15(16)25)9-23-24-17(26)10-28-19-14(21)8-13(20)12-3-2-6-22-18(12)19/h2-9,25H,10H2,1H3,(H,24,26)/b23-9+. The van der Waals surface area contributed by atoms with Gasteiger partial charge in [0.1, 0.15) is 5.52 Å². The van der Waals surface area contributed by atoms with E-state index < -0.39 is 5.91 Å². The molecule has 0 saturated heterocycles. The Kier molecular flexibility index (Phi) is 6.48. The lowest BCUT2D eigenvalue weighted by molar-refractivity contribution is -0.123. The Morgan fingerprint density at radius 1 is 1.29 bits per heavy atom. The van der Waals surface area contributed by atoms with Gasteiger partial charge in [0, 0.05) is 16.1 Å². The minimum absolute atomic E-state index is 0.0259. The molecule has 0 radical (unpaired) electrons. The molecule has 144 valence electrons. The van der Waals surface area contributed by atoms with Gasteiger partial charge >= 0.3 is 0 Å². The minimum Gasteiger partial charge on any atom is -0.504 e. The highest BCUT2D eigenvalue weighted by Crippen LogP contribution is 2.37. The first-order chi connectivity index (χ1) is 13.5. The van der Waals surface area contributed by atoms with Gasteiger partial charge in [0.15, 0.2) is 23.9 Å². The molecular formula is C19H15Br2N3O4. The lowest BCUT2D eigenvalue weighted by Crippen LogP contribution is -2.24. The molecule has 1 amide bonds. The number of fused-ring (bicyclic) bond motifs is 1. The molecule has 0 atom stereocenters. The highest BCUT2D eigenvalue weighted by molar-refractivity contribution is 9.11. The molecule has 1 aromatic heterocycles. The Balaban J connectivity index is 1.64. The molecule has 0 unspecified atom stereocenters. The number of halogens is 2. The number of nitrogens with zero attached hydrogens (tertiary/aromatic N) is 2. The van der Waals surface area contributed by atoms with Crippen molar-refractivity contribution in [2.24, 2.45) is 5.10 Å². The largest absolute Gasteiger partial charge is 0.504 e. The highest BCUT2D eigenvalue weighted by Gasteiger charge is 2.13. The molecule has 2 N–H and O–H groups in total. The predicted octanol–water partition coefficient (Wildman–Crippen LogP) is 4.00. The third kappa shape index (κ3) is 4.60. The van der Waals surface area contributed by atoms with Crippen LogP contribution in [0.25, 0.3) is 10.9 Å². The van der Waals surface area contributed by atoms with Crippen LogP contribution in [0.3, 0.4) is 0 Å². The van der Waals surface area contributed by atoms with Gasteiger partial charge in [0.25, 0.3) is 5.91 Å². The van der Waals surface area contributed by atoms with Crippen LogP contribution >= 0.6 is 31.9 Å². The lowest BCUT2D eigenvalue weighted by Gasteiger charge is -2.11. The molecule has 0 aliphatic rings. The Labute approximate surface area is 177 Å². The number of benzene rings is 2. The van der Waals surface area contributed by atoms with Crippen molar-refractivity contribution in [3.63, 3.8) is 0 Å². The van der Waals surface area contributed by atoms with Gasteiger partial charge in [-0.3, -0.25) is 9.78 Å². The van der Waals surface area contributed by atoms with Crippen LogP contribution in [0.1, 0.15) is 5.56 Å². The summed E-state index contributed by atoms with van der Waals surface area (Å²) in [4.78, 5) is 16.4. The van der Waals surface area contributed by atoms with Gasteiger partial charge in [0.05, 0.1) is 17.8 Å². The Bertz CT molecular complexity index is 1060. The van der Waals surface area contributed by atoms with Gasteiger partial charge < -0.3 is 14.6 Å². The highest BCUT2D eigenvalue weighted by atomic mass is 79.9. The molecule has 0 bridgehead atoms. The van der Waals surface area contributed by atoms with Gasteiger partial charge in [0.2, 0.25) is 0 Å². The van der Waals surface area contributed by atoms with Crippen molar-refractivity contribution in [3.8, 4) is 17.2 Å². The van der Waals surface area contributed by atoms with E-state index in [1.54, 1.807) is 18.3 Å². The maximum absolute atomic E-state index is 12.0. The molecule has 3 rings (SSSR count). The third-order valence-electron chi connectivity index (χ3n) is 3.70. The summed E-state index contributed by atoms with van der Waals surface area (Å²) in [6, 6.07) is 10.3. The number of amides is 1. The van der Waals surface area contributed by atoms with Crippen molar-refractivity contribution in [3.05, 3.63) is 57.1 Å². The topological polar surface area (TPSA) is 93.0 Å². The molecule has 1 heterocycles. The van der Waals surface area contributed by atoms with Crippen LogP contribution in [0.5, 0.6) is 17.2 Å². The van der Waals surface area contributed by atoms with Gasteiger partial charge in [-0.1, -0.05) is 22.0 Å². The van der Waals surface area contributed by atoms with Crippen LogP contribution in [-0.4, -0.2) is 35.9 Å². The van der Waals surface area contributed by atoms with Crippen molar-refractivity contribution in [1.29, 1.82) is 0 Å². The molecule has 2 aromatic carbocycles. The summed E-state index contributed by atoms with van der Waals surface area (Å²) in [5.41, 5.74) is 3.68. The molecule has 28 heavy (non-hydrogen) atoms. The molecule has 0 saturated carbocycles. The Morgan fingerprint density at radius 2 is 2.11 bits per heavy atom. The first-order valence-corrected chi connectivity index (χ1v) is 9.62. The van der Waals surface area contributed by atoms with E-state index in [0.717, 1.165) is 9.86 Å². The van der Waals surface area contributed by atoms with Crippen molar-refractivity contribution >= 4 is 54.9 Å². The van der Waals surface area contributed by atoms with E-state index in [9.17, 15) is 9.90 Å². The Hall–Kier alpha value is -2.65. The van der Waals surface area contributed by atoms with Crippen LogP contribution in [0.2, 0.25) is 0 Å². The number of nitrogens with one attached hydrogen (secondary N) is 1. The summed E-state index contributed by atoms with van der Waals surface area (Å²) in [6.07, 6.45) is 3.09. The summed E-state index contributed by atoms with van der Waals surface area (Å²) in [6.45, 7) is -0.234. The fourth-order valence-corrected chi connectivity index (χ4v) is 3.79. The maximum Gasteiger partial charge on any atom is 0.277 e. The number of rotatable bonds is 6. The normalized spacial score (nSPS) is 11.0. The number of phenols is 1. The molecule has 0 aliphatic heterocycles. The monoisotopic (exact) mass is 507 g/mol. The summed E-state index contributed by atoms with van der Waals surface area (Å²) >= 11 is 6.92. The zero-order chi connectivity index (χ0) is 20.1. The van der Waals surface area contributed by atoms with E-state index in [1.165, 1.54) is 19.4 Å². The molecule has 7 nitrogen and oxygen atoms in total. The van der Waals surface area contributed by atoms with Crippen LogP contribution in [0, 0.1) is 0 Å². The Morgan fingerprint density at radius 3 is 2.89 bits per heavy atom. The number of aromatic nitrogens is 1. The zero-order valence-electron chi connectivity index (χ0n) is 14.6. The van der Waals surface area contributed by atoms with Crippen molar-refractivity contribution in [2.45, 2.75) is 0 Å². The number of hydrogen-bond donors (Lipinski definition) is 2. The number of ether oxygens (including phenoxy) is 2. The summed E-state index contributed by atoms with van der Waals surface area (Å²) in [5, 5.41) is 14.3. The first kappa shape index (κ1) is 20.1. The second kappa shape index (κ2) is 9.03. The van der Waals surface area contributed by atoms with E-state index >= 15 is 0 Å². The number of hydrazone groups is 1. The van der Waals surface area contributed by atoms with Gasteiger partial charge in [-0.2, -0.15) is 5.10 Å². The van der Waals surface area contributed by atoms with Crippen LogP contribution in [0.4, 0.5) is 0 Å². The van der Waals surface area contributed by atoms with E-state index in [4.69, 9.17) is 9.47 Å². The smallest absolute Gasteiger partial charge is 0.277 e. The van der Waals surface area contributed by atoms with Gasteiger partial charge in [-0.05, 0) is 51.8 Å². The number of phenolic OH excluding ortho intramolecular Hbond substituents is 1. The molecule has 0 fully saturated rings. The number of hydrogen-bond acceptors (Lipinski definition) is 6. The van der Waals surface area contributed by atoms with Crippen LogP contribution in [0.15, 0.2) is 56.6 Å². The first-order valence-electron chi connectivity index (χ1n) is 8.04. The second-order valence-corrected chi connectivity index (χ2v) is 7.29. The minimum atomic E-state index is -0.430. The summed E-state index contributed by atoms with van der Waals surface area (Å²) < 4.78 is 12.2. The SMILES string of the molecule is COc1cc(/C=N/NC(=O)COc2c(Br)cc(Br)c3cccnc23)ccc1O. The fraction of sp³-hybridized carbons (Fsp3) is 0.105. The van der Waals surface area contributed by atoms with Crippen molar-refractivity contribution in [1.82, 2.24) is 10.4 Å². The number of carbonyl (C=O) groups is 1. The average molecular weight is 509 g/mol. The van der Waals surface area contributed by atoms with E-state index in [1.807, 2.05) is 18.2 Å². The zero-order valence-corrected chi connectivity index (χ0v) is 17.8. The molecule has 3 aromatic rings. The third-order valence-corrected chi connectivity index (χ3v) is 4.95. The quantitative estimate of drug-likeness (QED) is 0.387. The average Bonchev–Trinajstić information content (AvgIpc) is 2.69. The number of pyridine rings is 1. The predicted molar refractivity (Wildman–Crippen MR) is 113 cm³/mol. The number of aromatic hydroxyl groups is 1. The fourth-order valence-electron chi connectivity index (χ4n) is 2.41. The summed E-state index contributed by atoms with van der Waals surface area (Å²) in [7, 11) is 1.45. The van der Waals surface area contributed by atoms with Crippen molar-refractivity contribution in [2.75, 3.05) is 13.7 Å². The molecule has 0 spiro atoms. The summed E-state index contributed by atoms with van der Waals surface area (Å²) in [5.74, 6) is 0.387. The molecular weight excluding hydrogens is 494 g/mol. The number of carbonyl (C=O) groups excluding carboxylic acids is 1. The second-order valence-electron chi connectivity index (χ2n) is 5.58. The van der Waals surface area contributed by atoms with Crippen LogP contribution in [-0.2, 0) is 4.79 Å². The van der Waals surface area contributed by atoms with E-state index in [-0.39, 0.29) is 12.4 Å². The maximum atomic E-state index is 12.0. The van der Waals surface area contributed by atoms with E-state index in [2.05, 4.69) is 47.4 Å². The van der Waals surface area contributed by atoms with Gasteiger partial charge in [-0.25, -0.2) is 5.43 Å².